The Balaban J connectivity index is 2.17. The van der Waals surface area contributed by atoms with Crippen molar-refractivity contribution < 1.29 is 13.0 Å². The molecule has 0 fully saturated rings. The Kier molecular flexibility index (Phi) is 15.2. The molecular weight excluding hydrogens is 392 g/mol. The fraction of sp³-hybridized carbons (Fsp3) is 0.769. The molecule has 0 saturated heterocycles. The van der Waals surface area contributed by atoms with Crippen LogP contribution in [0.2, 0.25) is 0 Å². The number of hydrogen-bond donors (Lipinski definition) is 0. The molecule has 0 heterocycles. The second-order valence-corrected chi connectivity index (χ2v) is 10.2. The van der Waals surface area contributed by atoms with Crippen LogP contribution < -0.4 is 0 Å². The van der Waals surface area contributed by atoms with Gasteiger partial charge in [-0.1, -0.05) is 128 Å². The zero-order valence-electron chi connectivity index (χ0n) is 19.5. The van der Waals surface area contributed by atoms with Gasteiger partial charge in [0, 0.05) is 0 Å². The quantitative estimate of drug-likeness (QED) is 0.161. The maximum absolute atomic E-state index is 11.6. The summed E-state index contributed by atoms with van der Waals surface area (Å²) >= 11 is 0. The second-order valence-electron chi connectivity index (χ2n) is 8.86. The van der Waals surface area contributed by atoms with Gasteiger partial charge in [0.15, 0.2) is 0 Å². The number of hydrogen-bond acceptors (Lipinski definition) is 3. The minimum absolute atomic E-state index is 0.0196. The Morgan fingerprint density at radius 3 is 1.60 bits per heavy atom. The van der Waals surface area contributed by atoms with E-state index in [1.54, 1.807) is 6.07 Å². The maximum Gasteiger partial charge on any atom is 0.124 e. The highest BCUT2D eigenvalue weighted by molar-refractivity contribution is 7.85. The van der Waals surface area contributed by atoms with Crippen LogP contribution in [0.1, 0.15) is 134 Å². The Bertz CT molecular complexity index is 639. The van der Waals surface area contributed by atoms with E-state index in [-0.39, 0.29) is 10.8 Å². The summed E-state index contributed by atoms with van der Waals surface area (Å²) in [5, 5.41) is 0. The summed E-state index contributed by atoms with van der Waals surface area (Å²) in [6, 6.07) is 6.78. The Morgan fingerprint density at radius 2 is 1.13 bits per heavy atom. The molecule has 0 bridgehead atoms. The summed E-state index contributed by atoms with van der Waals surface area (Å²) < 4.78 is 34.8. The third-order valence-electron chi connectivity index (χ3n) is 6.17. The molecule has 0 N–H and O–H groups in total. The van der Waals surface area contributed by atoms with Crippen molar-refractivity contribution >= 4 is 10.1 Å². The van der Waals surface area contributed by atoms with Gasteiger partial charge < -0.3 is 4.55 Å². The second kappa shape index (κ2) is 16.8. The van der Waals surface area contributed by atoms with Crippen molar-refractivity contribution in [3.63, 3.8) is 0 Å². The molecule has 0 spiro atoms. The largest absolute Gasteiger partial charge is 0.744 e. The van der Waals surface area contributed by atoms with Crippen molar-refractivity contribution in [2.75, 3.05) is 0 Å². The molecule has 0 aromatic heterocycles. The smallest absolute Gasteiger partial charge is 0.124 e. The summed E-state index contributed by atoms with van der Waals surface area (Å²) in [6.07, 6.45) is 21.6. The van der Waals surface area contributed by atoms with Crippen molar-refractivity contribution in [3.05, 3.63) is 29.8 Å². The molecule has 0 radical (unpaired) electrons. The molecule has 4 heteroatoms. The topological polar surface area (TPSA) is 57.2 Å². The summed E-state index contributed by atoms with van der Waals surface area (Å²) in [7, 11) is -4.41. The fourth-order valence-corrected chi connectivity index (χ4v) is 5.20. The van der Waals surface area contributed by atoms with Gasteiger partial charge in [-0.05, 0) is 30.4 Å². The average molecular weight is 438 g/mol. The van der Waals surface area contributed by atoms with E-state index in [0.717, 1.165) is 31.2 Å². The molecule has 0 aliphatic rings. The lowest BCUT2D eigenvalue weighted by atomic mass is 9.89. The highest BCUT2D eigenvalue weighted by Crippen LogP contribution is 2.32. The molecule has 1 aromatic carbocycles. The van der Waals surface area contributed by atoms with Gasteiger partial charge in [0.2, 0.25) is 0 Å². The zero-order valence-corrected chi connectivity index (χ0v) is 20.4. The van der Waals surface area contributed by atoms with Gasteiger partial charge in [0.1, 0.15) is 10.1 Å². The van der Waals surface area contributed by atoms with Crippen molar-refractivity contribution in [2.45, 2.75) is 134 Å². The summed E-state index contributed by atoms with van der Waals surface area (Å²) in [5.41, 5.74) is 0.726. The van der Waals surface area contributed by atoms with Crippen LogP contribution in [0.25, 0.3) is 0 Å². The molecule has 0 aliphatic heterocycles. The molecule has 1 rings (SSSR count). The van der Waals surface area contributed by atoms with E-state index >= 15 is 0 Å². The van der Waals surface area contributed by atoms with E-state index < -0.39 is 10.1 Å². The molecule has 1 atom stereocenters. The molecule has 1 aromatic rings. The first kappa shape index (κ1) is 27.2. The zero-order chi connectivity index (χ0) is 22.1. The van der Waals surface area contributed by atoms with Crippen molar-refractivity contribution in [1.29, 1.82) is 0 Å². The van der Waals surface area contributed by atoms with Gasteiger partial charge in [0.05, 0.1) is 4.90 Å². The standard InChI is InChI=1S/C26H46O3S/c1-3-5-6-7-8-9-10-11-12-13-14-15-16-17-21-24(20-4-2)25-22-18-19-23-26(25)30(27,28)29/h18-19,22-24H,3-17,20-21H2,1-2H3,(H,27,28,29)/p-1. The van der Waals surface area contributed by atoms with Crippen LogP contribution >= 0.6 is 0 Å². The van der Waals surface area contributed by atoms with Crippen LogP contribution in [0.5, 0.6) is 0 Å². The molecule has 1 unspecified atom stereocenters. The lowest BCUT2D eigenvalue weighted by Gasteiger charge is -2.21. The van der Waals surface area contributed by atoms with E-state index in [2.05, 4.69) is 13.8 Å². The molecule has 3 nitrogen and oxygen atoms in total. The highest BCUT2D eigenvalue weighted by atomic mass is 32.2. The first-order valence-corrected chi connectivity index (χ1v) is 14.0. The van der Waals surface area contributed by atoms with E-state index in [4.69, 9.17) is 0 Å². The number of unbranched alkanes of at least 4 members (excludes halogenated alkanes) is 13. The maximum atomic E-state index is 11.6. The van der Waals surface area contributed by atoms with Gasteiger partial charge in [-0.3, -0.25) is 0 Å². The lowest BCUT2D eigenvalue weighted by Crippen LogP contribution is -2.08. The first-order valence-electron chi connectivity index (χ1n) is 12.6. The summed E-state index contributed by atoms with van der Waals surface area (Å²) in [4.78, 5) is -0.0196. The molecule has 0 saturated carbocycles. The Hall–Kier alpha value is -0.870. The van der Waals surface area contributed by atoms with Gasteiger partial charge in [-0.2, -0.15) is 0 Å². The minimum Gasteiger partial charge on any atom is -0.744 e. The average Bonchev–Trinajstić information content (AvgIpc) is 2.72. The number of benzene rings is 1. The molecule has 30 heavy (non-hydrogen) atoms. The predicted molar refractivity (Wildman–Crippen MR) is 127 cm³/mol. The van der Waals surface area contributed by atoms with Crippen LogP contribution in [-0.2, 0) is 10.1 Å². The summed E-state index contributed by atoms with van der Waals surface area (Å²) in [6.45, 7) is 4.39. The number of rotatable bonds is 19. The third kappa shape index (κ3) is 12.1. The normalized spacial score (nSPS) is 12.9. The van der Waals surface area contributed by atoms with Crippen LogP contribution in [-0.4, -0.2) is 13.0 Å². The highest BCUT2D eigenvalue weighted by Gasteiger charge is 2.17. The monoisotopic (exact) mass is 437 g/mol. The van der Waals surface area contributed by atoms with E-state index in [0.29, 0.717) is 0 Å². The summed E-state index contributed by atoms with van der Waals surface area (Å²) in [5.74, 6) is 0.173. The Labute approximate surface area is 186 Å². The predicted octanol–water partition coefficient (Wildman–Crippen LogP) is 8.35. The molecule has 0 aliphatic carbocycles. The molecule has 174 valence electrons. The van der Waals surface area contributed by atoms with Crippen LogP contribution in [0.3, 0.4) is 0 Å². The van der Waals surface area contributed by atoms with Crippen molar-refractivity contribution in [2.24, 2.45) is 0 Å². The van der Waals surface area contributed by atoms with Crippen molar-refractivity contribution in [3.8, 4) is 0 Å². The van der Waals surface area contributed by atoms with E-state index in [1.165, 1.54) is 89.5 Å². The van der Waals surface area contributed by atoms with Gasteiger partial charge >= 0.3 is 0 Å². The third-order valence-corrected chi connectivity index (χ3v) is 7.08. The minimum atomic E-state index is -4.41. The Morgan fingerprint density at radius 1 is 0.667 bits per heavy atom. The first-order chi connectivity index (χ1) is 14.5. The van der Waals surface area contributed by atoms with E-state index in [9.17, 15) is 13.0 Å². The van der Waals surface area contributed by atoms with Gasteiger partial charge in [-0.15, -0.1) is 0 Å². The van der Waals surface area contributed by atoms with Crippen LogP contribution in [0, 0.1) is 0 Å². The molecular formula is C26H45O3S-. The van der Waals surface area contributed by atoms with Crippen LogP contribution in [0.15, 0.2) is 29.2 Å². The van der Waals surface area contributed by atoms with Crippen LogP contribution in [0.4, 0.5) is 0 Å². The lowest BCUT2D eigenvalue weighted by molar-refractivity contribution is 0.456. The van der Waals surface area contributed by atoms with Gasteiger partial charge in [-0.25, -0.2) is 8.42 Å². The van der Waals surface area contributed by atoms with Crippen molar-refractivity contribution in [1.82, 2.24) is 0 Å². The van der Waals surface area contributed by atoms with Gasteiger partial charge in [0.25, 0.3) is 0 Å². The fourth-order valence-electron chi connectivity index (χ4n) is 4.43. The molecule has 0 amide bonds. The SMILES string of the molecule is CCCCCCCCCCCCCCCCC(CCC)c1ccccc1S(=O)(=O)[O-]. The van der Waals surface area contributed by atoms with E-state index in [1.807, 2.05) is 12.1 Å².